The molecule has 2 atom stereocenters. The van der Waals surface area contributed by atoms with Crippen molar-refractivity contribution in [3.63, 3.8) is 0 Å². The highest BCUT2D eigenvalue weighted by Gasteiger charge is 2.49. The van der Waals surface area contributed by atoms with Gasteiger partial charge in [-0.25, -0.2) is 25.6 Å². The summed E-state index contributed by atoms with van der Waals surface area (Å²) in [6, 6.07) is 1.32. The quantitative estimate of drug-likeness (QED) is 0.817. The van der Waals surface area contributed by atoms with Crippen molar-refractivity contribution >= 4 is 19.9 Å². The summed E-state index contributed by atoms with van der Waals surface area (Å²) in [7, 11) is -7.29. The number of sulfonamides is 1. The molecule has 2 saturated heterocycles. The zero-order valence-corrected chi connectivity index (χ0v) is 14.1. The van der Waals surface area contributed by atoms with E-state index >= 15 is 0 Å². The lowest BCUT2D eigenvalue weighted by Crippen LogP contribution is -2.49. The SMILES string of the molecule is CS(=O)(=O)C1CC2CCC(C1)N2S(=O)(=O)c1cc(F)cc(F)c1. The van der Waals surface area contributed by atoms with E-state index in [-0.39, 0.29) is 12.8 Å². The van der Waals surface area contributed by atoms with E-state index in [0.29, 0.717) is 18.9 Å². The van der Waals surface area contributed by atoms with Gasteiger partial charge in [-0.3, -0.25) is 0 Å². The Balaban J connectivity index is 1.96. The van der Waals surface area contributed by atoms with Gasteiger partial charge in [-0.1, -0.05) is 0 Å². The van der Waals surface area contributed by atoms with E-state index in [9.17, 15) is 25.6 Å². The number of halogens is 2. The van der Waals surface area contributed by atoms with Crippen molar-refractivity contribution < 1.29 is 25.6 Å². The van der Waals surface area contributed by atoms with Gasteiger partial charge in [0.15, 0.2) is 0 Å². The van der Waals surface area contributed by atoms with E-state index in [1.807, 2.05) is 0 Å². The highest BCUT2D eigenvalue weighted by molar-refractivity contribution is 7.91. The summed E-state index contributed by atoms with van der Waals surface area (Å²) in [5.74, 6) is -1.91. The maximum atomic E-state index is 13.4. The molecule has 2 heterocycles. The van der Waals surface area contributed by atoms with Crippen LogP contribution in [0, 0.1) is 11.6 Å². The number of rotatable bonds is 3. The Bertz CT molecular complexity index is 804. The third kappa shape index (κ3) is 3.01. The van der Waals surface area contributed by atoms with Gasteiger partial charge in [0.1, 0.15) is 21.5 Å². The zero-order valence-electron chi connectivity index (χ0n) is 12.4. The first kappa shape index (κ1) is 16.8. The van der Waals surface area contributed by atoms with Crippen LogP contribution in [0.25, 0.3) is 0 Å². The van der Waals surface area contributed by atoms with Crippen LogP contribution in [0.2, 0.25) is 0 Å². The Morgan fingerprint density at radius 2 is 1.43 bits per heavy atom. The van der Waals surface area contributed by atoms with Gasteiger partial charge in [0.25, 0.3) is 0 Å². The van der Waals surface area contributed by atoms with Crippen molar-refractivity contribution in [2.45, 2.75) is 47.9 Å². The van der Waals surface area contributed by atoms with Gasteiger partial charge in [0.2, 0.25) is 10.0 Å². The average molecular weight is 365 g/mol. The summed E-state index contributed by atoms with van der Waals surface area (Å²) in [4.78, 5) is -0.426. The standard InChI is InChI=1S/C14H17F2NO4S2/c1-22(18,19)13-7-11-2-3-12(8-13)17(11)23(20,21)14-5-9(15)4-10(16)6-14/h4-6,11-13H,2-3,7-8H2,1H3. The first-order chi connectivity index (χ1) is 10.6. The summed E-state index contributed by atoms with van der Waals surface area (Å²) in [6.45, 7) is 0. The average Bonchev–Trinajstić information content (AvgIpc) is 2.68. The van der Waals surface area contributed by atoms with Gasteiger partial charge in [0, 0.05) is 24.4 Å². The molecule has 5 nitrogen and oxygen atoms in total. The summed E-state index contributed by atoms with van der Waals surface area (Å²) in [5.41, 5.74) is 0. The highest BCUT2D eigenvalue weighted by atomic mass is 32.2. The second-order valence-corrected chi connectivity index (χ2v) is 10.4. The largest absolute Gasteiger partial charge is 0.243 e. The van der Waals surface area contributed by atoms with Crippen molar-refractivity contribution in [1.29, 1.82) is 0 Å². The molecule has 3 rings (SSSR count). The van der Waals surface area contributed by atoms with Gasteiger partial charge in [-0.2, -0.15) is 4.31 Å². The summed E-state index contributed by atoms with van der Waals surface area (Å²) < 4.78 is 77.0. The Kier molecular flexibility index (Phi) is 4.01. The van der Waals surface area contributed by atoms with Crippen LogP contribution in [0.15, 0.2) is 23.1 Å². The number of nitrogens with zero attached hydrogens (tertiary/aromatic N) is 1. The van der Waals surface area contributed by atoms with Gasteiger partial charge in [0.05, 0.1) is 10.1 Å². The predicted molar refractivity (Wildman–Crippen MR) is 80.1 cm³/mol. The number of sulfone groups is 1. The molecule has 2 unspecified atom stereocenters. The normalized spacial score (nSPS) is 28.9. The fourth-order valence-corrected chi connectivity index (χ4v) is 6.70. The van der Waals surface area contributed by atoms with Crippen LogP contribution in [0.4, 0.5) is 8.78 Å². The molecule has 0 N–H and O–H groups in total. The minimum atomic E-state index is -4.05. The first-order valence-electron chi connectivity index (χ1n) is 7.27. The highest BCUT2D eigenvalue weighted by Crippen LogP contribution is 2.41. The van der Waals surface area contributed by atoms with E-state index in [2.05, 4.69) is 0 Å². The van der Waals surface area contributed by atoms with Crippen LogP contribution in [0.1, 0.15) is 25.7 Å². The Morgan fingerprint density at radius 3 is 1.87 bits per heavy atom. The van der Waals surface area contributed by atoms with Gasteiger partial charge >= 0.3 is 0 Å². The maximum absolute atomic E-state index is 13.4. The Hall–Kier alpha value is -1.06. The third-order valence-electron chi connectivity index (χ3n) is 4.64. The van der Waals surface area contributed by atoms with Crippen LogP contribution in [-0.4, -0.2) is 44.7 Å². The van der Waals surface area contributed by atoms with Gasteiger partial charge < -0.3 is 0 Å². The smallest absolute Gasteiger partial charge is 0.229 e. The molecule has 128 valence electrons. The van der Waals surface area contributed by atoms with Gasteiger partial charge in [-0.15, -0.1) is 0 Å². The number of piperidine rings is 1. The summed E-state index contributed by atoms with van der Waals surface area (Å²) in [5, 5.41) is -0.560. The zero-order chi connectivity index (χ0) is 17.0. The van der Waals surface area contributed by atoms with Crippen molar-refractivity contribution in [2.75, 3.05) is 6.26 Å². The first-order valence-corrected chi connectivity index (χ1v) is 10.7. The van der Waals surface area contributed by atoms with E-state index in [0.717, 1.165) is 18.4 Å². The number of benzene rings is 1. The predicted octanol–water partition coefficient (Wildman–Crippen LogP) is 1.69. The fourth-order valence-electron chi connectivity index (χ4n) is 3.63. The molecule has 0 radical (unpaired) electrons. The fraction of sp³-hybridized carbons (Fsp3) is 0.571. The molecule has 0 aliphatic carbocycles. The van der Waals surface area contributed by atoms with Gasteiger partial charge in [-0.05, 0) is 37.8 Å². The van der Waals surface area contributed by atoms with Crippen LogP contribution >= 0.6 is 0 Å². The van der Waals surface area contributed by atoms with Crippen LogP contribution in [0.3, 0.4) is 0 Å². The number of hydrogen-bond acceptors (Lipinski definition) is 4. The van der Waals surface area contributed by atoms with E-state index in [1.165, 1.54) is 4.31 Å². The lowest BCUT2D eigenvalue weighted by molar-refractivity contribution is 0.249. The monoisotopic (exact) mass is 365 g/mol. The molecule has 0 spiro atoms. The Labute approximate surface area is 134 Å². The second-order valence-electron chi connectivity index (χ2n) is 6.25. The minimum Gasteiger partial charge on any atom is -0.229 e. The molecule has 2 bridgehead atoms. The lowest BCUT2D eigenvalue weighted by Gasteiger charge is -2.37. The summed E-state index contributed by atoms with van der Waals surface area (Å²) in [6.07, 6.45) is 2.74. The minimum absolute atomic E-state index is 0.229. The molecule has 2 aliphatic heterocycles. The van der Waals surface area contributed by atoms with Crippen LogP contribution < -0.4 is 0 Å². The van der Waals surface area contributed by atoms with E-state index in [1.54, 1.807) is 0 Å². The number of fused-ring (bicyclic) bond motifs is 2. The molecule has 1 aromatic rings. The molecular weight excluding hydrogens is 348 g/mol. The third-order valence-corrected chi connectivity index (χ3v) is 8.22. The van der Waals surface area contributed by atoms with Crippen molar-refractivity contribution in [2.24, 2.45) is 0 Å². The topological polar surface area (TPSA) is 71.5 Å². The summed E-state index contributed by atoms with van der Waals surface area (Å²) >= 11 is 0. The molecule has 0 saturated carbocycles. The van der Waals surface area contributed by atoms with Crippen LogP contribution in [-0.2, 0) is 19.9 Å². The molecule has 0 amide bonds. The molecule has 23 heavy (non-hydrogen) atoms. The molecule has 2 aliphatic rings. The molecule has 2 fully saturated rings. The Morgan fingerprint density at radius 1 is 0.957 bits per heavy atom. The molecule has 0 aromatic heterocycles. The maximum Gasteiger partial charge on any atom is 0.243 e. The van der Waals surface area contributed by atoms with Crippen molar-refractivity contribution in [1.82, 2.24) is 4.31 Å². The molecule has 1 aromatic carbocycles. The van der Waals surface area contributed by atoms with E-state index < -0.39 is 53.7 Å². The lowest BCUT2D eigenvalue weighted by atomic mass is 10.1. The molecular formula is C14H17F2NO4S2. The van der Waals surface area contributed by atoms with Crippen molar-refractivity contribution in [3.8, 4) is 0 Å². The van der Waals surface area contributed by atoms with Crippen LogP contribution in [0.5, 0.6) is 0 Å². The second kappa shape index (κ2) is 5.49. The van der Waals surface area contributed by atoms with E-state index in [4.69, 9.17) is 0 Å². The number of hydrogen-bond donors (Lipinski definition) is 0. The molecule has 9 heteroatoms. The van der Waals surface area contributed by atoms with Crippen molar-refractivity contribution in [3.05, 3.63) is 29.8 Å².